The zero-order valence-electron chi connectivity index (χ0n) is 23.1. The lowest BCUT2D eigenvalue weighted by atomic mass is 9.91. The minimum Gasteiger partial charge on any atom is -0.489 e. The molecule has 0 N–H and O–H groups in total. The number of hydrogen-bond acceptors (Lipinski definition) is 6. The van der Waals surface area contributed by atoms with Crippen molar-refractivity contribution in [1.82, 2.24) is 15.0 Å². The number of aryl methyl sites for hydroxylation is 1. The molecular weight excluding hydrogens is 480 g/mol. The topological polar surface area (TPSA) is 72.4 Å². The first-order valence-electron chi connectivity index (χ1n) is 13.2. The molecule has 38 heavy (non-hydrogen) atoms. The molecule has 0 spiro atoms. The predicted molar refractivity (Wildman–Crippen MR) is 147 cm³/mol. The predicted octanol–water partition coefficient (Wildman–Crippen LogP) is 6.60. The van der Waals surface area contributed by atoms with Crippen molar-refractivity contribution in [2.45, 2.75) is 65.2 Å². The Balaban J connectivity index is 1.40. The second kappa shape index (κ2) is 11.9. The SMILES string of the molecule is [C-]#[N+]c1ccc(OCc2ccc3c(CCC4CCN(C(=O)OC(C)(C)C)CC4)noc3c2CN(C)C)cc1. The van der Waals surface area contributed by atoms with Gasteiger partial charge in [0, 0.05) is 30.6 Å². The number of carbonyl (C=O) groups is 1. The molecule has 8 heteroatoms. The molecule has 0 saturated carbocycles. The first-order valence-corrected chi connectivity index (χ1v) is 13.2. The zero-order chi connectivity index (χ0) is 27.3. The second-order valence-corrected chi connectivity index (χ2v) is 11.3. The molecule has 1 aromatic heterocycles. The third kappa shape index (κ3) is 7.05. The largest absolute Gasteiger partial charge is 0.489 e. The Bertz CT molecular complexity index is 1280. The van der Waals surface area contributed by atoms with Crippen LogP contribution in [0, 0.1) is 12.5 Å². The summed E-state index contributed by atoms with van der Waals surface area (Å²) in [6, 6.07) is 11.4. The van der Waals surface area contributed by atoms with Gasteiger partial charge >= 0.3 is 6.09 Å². The summed E-state index contributed by atoms with van der Waals surface area (Å²) in [7, 11) is 4.07. The fourth-order valence-corrected chi connectivity index (χ4v) is 4.80. The number of carbonyl (C=O) groups excluding carboxylic acids is 1. The number of aromatic nitrogens is 1. The standard InChI is InChI=1S/C30H38N4O4/c1-30(2,3)37-29(35)34-17-15-21(16-18-34)7-14-27-25-13-8-22(26(19-33(5)6)28(25)38-32-27)20-36-24-11-9-23(31-4)10-12-24/h8-13,21H,7,14-20H2,1-3,5-6H3. The van der Waals surface area contributed by atoms with Crippen LogP contribution in [-0.2, 0) is 24.3 Å². The van der Waals surface area contributed by atoms with Gasteiger partial charge in [0.2, 0.25) is 0 Å². The van der Waals surface area contributed by atoms with Crippen molar-refractivity contribution in [3.63, 3.8) is 0 Å². The molecule has 0 atom stereocenters. The van der Waals surface area contributed by atoms with Gasteiger partial charge in [-0.1, -0.05) is 23.4 Å². The molecule has 1 fully saturated rings. The van der Waals surface area contributed by atoms with Gasteiger partial charge in [0.05, 0.1) is 12.3 Å². The summed E-state index contributed by atoms with van der Waals surface area (Å²) >= 11 is 0. The molecule has 2 heterocycles. The molecule has 0 bridgehead atoms. The highest BCUT2D eigenvalue weighted by Crippen LogP contribution is 2.30. The van der Waals surface area contributed by atoms with Crippen LogP contribution in [0.25, 0.3) is 15.8 Å². The number of piperidine rings is 1. The molecule has 2 aromatic carbocycles. The summed E-state index contributed by atoms with van der Waals surface area (Å²) in [5, 5.41) is 5.52. The number of fused-ring (bicyclic) bond motifs is 1. The molecule has 8 nitrogen and oxygen atoms in total. The van der Waals surface area contributed by atoms with E-state index in [1.807, 2.05) is 51.9 Å². The molecule has 1 aliphatic heterocycles. The van der Waals surface area contributed by atoms with Crippen LogP contribution in [0.15, 0.2) is 40.9 Å². The molecular formula is C30H38N4O4. The van der Waals surface area contributed by atoms with Crippen LogP contribution in [0.5, 0.6) is 5.75 Å². The van der Waals surface area contributed by atoms with Crippen molar-refractivity contribution in [2.75, 3.05) is 27.2 Å². The number of nitrogens with zero attached hydrogens (tertiary/aromatic N) is 4. The minimum absolute atomic E-state index is 0.216. The summed E-state index contributed by atoms with van der Waals surface area (Å²) in [6.45, 7) is 15.4. The number of rotatable bonds is 8. The van der Waals surface area contributed by atoms with Gasteiger partial charge in [-0.3, -0.25) is 0 Å². The van der Waals surface area contributed by atoms with Gasteiger partial charge < -0.3 is 23.8 Å². The summed E-state index contributed by atoms with van der Waals surface area (Å²) < 4.78 is 17.5. The Hall–Kier alpha value is -3.57. The Labute approximate surface area is 225 Å². The fourth-order valence-electron chi connectivity index (χ4n) is 4.80. The Morgan fingerprint density at radius 2 is 1.87 bits per heavy atom. The molecule has 4 rings (SSSR count). The Morgan fingerprint density at radius 1 is 1.16 bits per heavy atom. The monoisotopic (exact) mass is 518 g/mol. The van der Waals surface area contributed by atoms with E-state index in [-0.39, 0.29) is 6.09 Å². The Morgan fingerprint density at radius 3 is 2.50 bits per heavy atom. The van der Waals surface area contributed by atoms with E-state index in [0.29, 0.717) is 24.8 Å². The highest BCUT2D eigenvalue weighted by molar-refractivity contribution is 5.83. The molecule has 1 amide bonds. The maximum atomic E-state index is 12.4. The lowest BCUT2D eigenvalue weighted by molar-refractivity contribution is 0.0181. The van der Waals surface area contributed by atoms with Crippen LogP contribution in [0.2, 0.25) is 0 Å². The molecule has 1 saturated heterocycles. The molecule has 1 aliphatic rings. The molecule has 0 aliphatic carbocycles. The highest BCUT2D eigenvalue weighted by Gasteiger charge is 2.27. The third-order valence-electron chi connectivity index (χ3n) is 6.81. The maximum absolute atomic E-state index is 12.4. The van der Waals surface area contributed by atoms with E-state index < -0.39 is 5.60 Å². The van der Waals surface area contributed by atoms with Gasteiger partial charge in [-0.15, -0.1) is 0 Å². The third-order valence-corrected chi connectivity index (χ3v) is 6.81. The highest BCUT2D eigenvalue weighted by atomic mass is 16.6. The average Bonchev–Trinajstić information content (AvgIpc) is 3.29. The lowest BCUT2D eigenvalue weighted by Gasteiger charge is -2.33. The first kappa shape index (κ1) is 27.5. The van der Waals surface area contributed by atoms with Crippen LogP contribution in [0.3, 0.4) is 0 Å². The summed E-state index contributed by atoms with van der Waals surface area (Å²) in [6.07, 6.45) is 3.58. The van der Waals surface area contributed by atoms with Gasteiger partial charge in [-0.05, 0) is 90.2 Å². The summed E-state index contributed by atoms with van der Waals surface area (Å²) in [4.78, 5) is 19.7. The summed E-state index contributed by atoms with van der Waals surface area (Å²) in [5.74, 6) is 1.27. The second-order valence-electron chi connectivity index (χ2n) is 11.3. The number of amides is 1. The Kier molecular flexibility index (Phi) is 8.58. The fraction of sp³-hybridized carbons (Fsp3) is 0.500. The van der Waals surface area contributed by atoms with Crippen LogP contribution in [0.4, 0.5) is 10.5 Å². The molecule has 0 unspecified atom stereocenters. The van der Waals surface area contributed by atoms with Gasteiger partial charge in [-0.2, -0.15) is 0 Å². The summed E-state index contributed by atoms with van der Waals surface area (Å²) in [5.41, 5.74) is 4.06. The van der Waals surface area contributed by atoms with Gasteiger partial charge in [0.1, 0.15) is 18.0 Å². The average molecular weight is 519 g/mol. The number of benzene rings is 2. The first-order chi connectivity index (χ1) is 18.1. The number of ether oxygens (including phenoxy) is 2. The maximum Gasteiger partial charge on any atom is 0.410 e. The minimum atomic E-state index is -0.468. The molecule has 3 aromatic rings. The van der Waals surface area contributed by atoms with Crippen molar-refractivity contribution in [3.8, 4) is 5.75 Å². The van der Waals surface area contributed by atoms with Gasteiger partial charge in [-0.25, -0.2) is 9.64 Å². The van der Waals surface area contributed by atoms with E-state index in [0.717, 1.165) is 72.3 Å². The van der Waals surface area contributed by atoms with Crippen LogP contribution >= 0.6 is 0 Å². The van der Waals surface area contributed by atoms with Gasteiger partial charge in [0.15, 0.2) is 11.3 Å². The van der Waals surface area contributed by atoms with E-state index in [1.54, 1.807) is 12.1 Å². The van der Waals surface area contributed by atoms with Crippen molar-refractivity contribution < 1.29 is 18.8 Å². The van der Waals surface area contributed by atoms with E-state index in [4.69, 9.17) is 20.6 Å². The van der Waals surface area contributed by atoms with E-state index >= 15 is 0 Å². The smallest absolute Gasteiger partial charge is 0.410 e. The quantitative estimate of drug-likeness (QED) is 0.313. The van der Waals surface area contributed by atoms with Crippen LogP contribution in [0.1, 0.15) is 56.9 Å². The zero-order valence-corrected chi connectivity index (χ0v) is 23.1. The van der Waals surface area contributed by atoms with Crippen molar-refractivity contribution in [2.24, 2.45) is 5.92 Å². The normalized spacial score (nSPS) is 14.6. The van der Waals surface area contributed by atoms with E-state index in [2.05, 4.69) is 27.0 Å². The van der Waals surface area contributed by atoms with Gasteiger partial charge in [0.25, 0.3) is 0 Å². The molecule has 0 radical (unpaired) electrons. The van der Waals surface area contributed by atoms with Crippen molar-refractivity contribution in [3.05, 3.63) is 64.6 Å². The number of hydrogen-bond donors (Lipinski definition) is 0. The van der Waals surface area contributed by atoms with E-state index in [9.17, 15) is 4.79 Å². The van der Waals surface area contributed by atoms with E-state index in [1.165, 1.54) is 0 Å². The van der Waals surface area contributed by atoms with Crippen LogP contribution in [-0.4, -0.2) is 53.8 Å². The van der Waals surface area contributed by atoms with Crippen LogP contribution < -0.4 is 4.74 Å². The number of likely N-dealkylation sites (tertiary alicyclic amines) is 1. The lowest BCUT2D eigenvalue weighted by Crippen LogP contribution is -2.41. The van der Waals surface area contributed by atoms with Crippen molar-refractivity contribution in [1.29, 1.82) is 0 Å². The van der Waals surface area contributed by atoms with Crippen molar-refractivity contribution >= 4 is 22.7 Å². The molecule has 202 valence electrons.